The smallest absolute Gasteiger partial charge is 0.224 e. The molecule has 0 saturated heterocycles. The molecule has 114 valence electrons. The first kappa shape index (κ1) is 15.4. The number of hydrogen-bond donors (Lipinski definition) is 2. The van der Waals surface area contributed by atoms with Crippen LogP contribution in [0, 0.1) is 5.92 Å². The zero-order valence-corrected chi connectivity index (χ0v) is 12.6. The summed E-state index contributed by atoms with van der Waals surface area (Å²) in [5.74, 6) is 0.932. The van der Waals surface area contributed by atoms with E-state index in [0.717, 1.165) is 12.8 Å². The molecule has 1 aliphatic rings. The predicted octanol–water partition coefficient (Wildman–Crippen LogP) is 3.17. The summed E-state index contributed by atoms with van der Waals surface area (Å²) in [5, 5.41) is 5.58. The van der Waals surface area contributed by atoms with E-state index in [1.165, 1.54) is 19.8 Å². The van der Waals surface area contributed by atoms with E-state index in [9.17, 15) is 9.59 Å². The van der Waals surface area contributed by atoms with Gasteiger partial charge in [0.15, 0.2) is 0 Å². The van der Waals surface area contributed by atoms with Gasteiger partial charge in [-0.3, -0.25) is 9.59 Å². The molecule has 0 atom stereocenters. The molecule has 21 heavy (non-hydrogen) atoms. The van der Waals surface area contributed by atoms with E-state index in [1.807, 2.05) is 0 Å². The Labute approximate surface area is 125 Å². The number of hydrogen-bond acceptors (Lipinski definition) is 3. The summed E-state index contributed by atoms with van der Waals surface area (Å²) in [6.45, 7) is 1.45. The predicted molar refractivity (Wildman–Crippen MR) is 82.5 cm³/mol. The summed E-state index contributed by atoms with van der Waals surface area (Å²) >= 11 is 0. The molecular weight excluding hydrogens is 268 g/mol. The number of anilines is 2. The number of benzene rings is 1. The molecule has 0 aliphatic heterocycles. The van der Waals surface area contributed by atoms with Crippen molar-refractivity contribution in [3.05, 3.63) is 18.2 Å². The molecule has 0 heterocycles. The highest BCUT2D eigenvalue weighted by Crippen LogP contribution is 2.30. The van der Waals surface area contributed by atoms with Crippen LogP contribution in [0.1, 0.15) is 39.0 Å². The van der Waals surface area contributed by atoms with Gasteiger partial charge in [-0.2, -0.15) is 0 Å². The highest BCUT2D eigenvalue weighted by molar-refractivity contribution is 5.95. The van der Waals surface area contributed by atoms with E-state index in [0.29, 0.717) is 29.5 Å². The van der Waals surface area contributed by atoms with E-state index in [4.69, 9.17) is 4.74 Å². The van der Waals surface area contributed by atoms with Crippen LogP contribution in [0.2, 0.25) is 0 Å². The van der Waals surface area contributed by atoms with Crippen LogP contribution in [-0.4, -0.2) is 18.9 Å². The molecule has 2 amide bonds. The molecule has 2 rings (SSSR count). The second-order valence-corrected chi connectivity index (χ2v) is 5.50. The van der Waals surface area contributed by atoms with Gasteiger partial charge in [-0.25, -0.2) is 0 Å². The van der Waals surface area contributed by atoms with E-state index < -0.39 is 0 Å². The van der Waals surface area contributed by atoms with Gasteiger partial charge >= 0.3 is 0 Å². The second-order valence-electron chi connectivity index (χ2n) is 5.50. The number of rotatable bonds is 5. The quantitative estimate of drug-likeness (QED) is 0.875. The topological polar surface area (TPSA) is 67.4 Å². The molecule has 0 radical (unpaired) electrons. The number of amides is 2. The molecule has 1 saturated carbocycles. The van der Waals surface area contributed by atoms with Crippen LogP contribution < -0.4 is 15.4 Å². The van der Waals surface area contributed by atoms with Crippen molar-refractivity contribution in [1.82, 2.24) is 0 Å². The third kappa shape index (κ3) is 4.48. The maximum absolute atomic E-state index is 12.1. The Morgan fingerprint density at radius 1 is 1.24 bits per heavy atom. The Balaban J connectivity index is 2.05. The average Bonchev–Trinajstić information content (AvgIpc) is 2.91. The van der Waals surface area contributed by atoms with Gasteiger partial charge in [0, 0.05) is 19.0 Å². The van der Waals surface area contributed by atoms with Gasteiger partial charge in [-0.05, 0) is 37.0 Å². The van der Waals surface area contributed by atoms with Crippen LogP contribution in [0.25, 0.3) is 0 Å². The van der Waals surface area contributed by atoms with Gasteiger partial charge in [-0.1, -0.05) is 12.8 Å². The number of carbonyl (C=O) groups is 2. The summed E-state index contributed by atoms with van der Waals surface area (Å²) in [6.07, 6.45) is 5.26. The van der Waals surface area contributed by atoms with Crippen LogP contribution in [0.15, 0.2) is 18.2 Å². The zero-order chi connectivity index (χ0) is 15.2. The van der Waals surface area contributed by atoms with E-state index in [2.05, 4.69) is 10.6 Å². The molecule has 0 unspecified atom stereocenters. The van der Waals surface area contributed by atoms with E-state index in [1.54, 1.807) is 25.3 Å². The number of ether oxygens (including phenoxy) is 1. The lowest BCUT2D eigenvalue weighted by Crippen LogP contribution is -2.16. The molecule has 0 bridgehead atoms. The Kier molecular flexibility index (Phi) is 5.20. The highest BCUT2D eigenvalue weighted by Gasteiger charge is 2.19. The zero-order valence-electron chi connectivity index (χ0n) is 12.6. The Bertz CT molecular complexity index is 522. The lowest BCUT2D eigenvalue weighted by atomic mass is 10.0. The number of methoxy groups -OCH3 is 1. The van der Waals surface area contributed by atoms with Gasteiger partial charge in [0.25, 0.3) is 0 Å². The summed E-state index contributed by atoms with van der Waals surface area (Å²) in [4.78, 5) is 23.2. The van der Waals surface area contributed by atoms with Crippen molar-refractivity contribution in [2.45, 2.75) is 39.0 Å². The molecule has 0 spiro atoms. The third-order valence-electron chi connectivity index (χ3n) is 3.74. The van der Waals surface area contributed by atoms with Gasteiger partial charge in [0.1, 0.15) is 5.75 Å². The normalized spacial score (nSPS) is 14.8. The van der Waals surface area contributed by atoms with Gasteiger partial charge < -0.3 is 15.4 Å². The van der Waals surface area contributed by atoms with Crippen molar-refractivity contribution in [1.29, 1.82) is 0 Å². The minimum atomic E-state index is -0.150. The van der Waals surface area contributed by atoms with Crippen LogP contribution in [-0.2, 0) is 9.59 Å². The molecule has 2 N–H and O–H groups in total. The maximum atomic E-state index is 12.1. The van der Waals surface area contributed by atoms with Crippen LogP contribution in [0.4, 0.5) is 11.4 Å². The van der Waals surface area contributed by atoms with Crippen molar-refractivity contribution in [3.8, 4) is 5.75 Å². The molecule has 1 aromatic carbocycles. The highest BCUT2D eigenvalue weighted by atomic mass is 16.5. The largest absolute Gasteiger partial charge is 0.495 e. The standard InChI is InChI=1S/C16H22N2O3/c1-11(19)17-13-7-8-15(21-2)14(10-13)18-16(20)9-12-5-3-4-6-12/h7-8,10,12H,3-6,9H2,1-2H3,(H,17,19)(H,18,20). The van der Waals surface area contributed by atoms with Gasteiger partial charge in [0.05, 0.1) is 12.8 Å². The first-order valence-electron chi connectivity index (χ1n) is 7.34. The van der Waals surface area contributed by atoms with Crippen molar-refractivity contribution in [2.75, 3.05) is 17.7 Å². The fraction of sp³-hybridized carbons (Fsp3) is 0.500. The first-order valence-corrected chi connectivity index (χ1v) is 7.34. The fourth-order valence-electron chi connectivity index (χ4n) is 2.76. The van der Waals surface area contributed by atoms with Crippen molar-refractivity contribution >= 4 is 23.2 Å². The average molecular weight is 290 g/mol. The van der Waals surface area contributed by atoms with E-state index in [-0.39, 0.29) is 11.8 Å². The summed E-state index contributed by atoms with van der Waals surface area (Å²) in [5.41, 5.74) is 1.23. The monoisotopic (exact) mass is 290 g/mol. The lowest BCUT2D eigenvalue weighted by Gasteiger charge is -2.14. The Morgan fingerprint density at radius 3 is 2.57 bits per heavy atom. The molecule has 1 fully saturated rings. The first-order chi connectivity index (χ1) is 10.1. The van der Waals surface area contributed by atoms with Crippen molar-refractivity contribution < 1.29 is 14.3 Å². The SMILES string of the molecule is COc1ccc(NC(C)=O)cc1NC(=O)CC1CCCC1. The molecule has 0 aromatic heterocycles. The van der Waals surface area contributed by atoms with Gasteiger partial charge in [-0.15, -0.1) is 0 Å². The minimum absolute atomic E-state index is 0.000162. The molecular formula is C16H22N2O3. The molecule has 1 aliphatic carbocycles. The van der Waals surface area contributed by atoms with Gasteiger partial charge in [0.2, 0.25) is 11.8 Å². The second kappa shape index (κ2) is 7.11. The summed E-state index contributed by atoms with van der Waals surface area (Å²) in [6, 6.07) is 5.19. The van der Waals surface area contributed by atoms with Crippen molar-refractivity contribution in [2.24, 2.45) is 5.92 Å². The molecule has 1 aromatic rings. The Morgan fingerprint density at radius 2 is 1.95 bits per heavy atom. The lowest BCUT2D eigenvalue weighted by molar-refractivity contribution is -0.117. The van der Waals surface area contributed by atoms with Crippen LogP contribution in [0.3, 0.4) is 0 Å². The summed E-state index contributed by atoms with van der Waals surface area (Å²) in [7, 11) is 1.56. The number of nitrogens with one attached hydrogen (secondary N) is 2. The molecule has 5 nitrogen and oxygen atoms in total. The van der Waals surface area contributed by atoms with Crippen LogP contribution in [0.5, 0.6) is 5.75 Å². The minimum Gasteiger partial charge on any atom is -0.495 e. The van der Waals surface area contributed by atoms with Crippen LogP contribution >= 0.6 is 0 Å². The summed E-state index contributed by atoms with van der Waals surface area (Å²) < 4.78 is 5.25. The number of carbonyl (C=O) groups excluding carboxylic acids is 2. The third-order valence-corrected chi connectivity index (χ3v) is 3.74. The fourth-order valence-corrected chi connectivity index (χ4v) is 2.76. The molecule has 5 heteroatoms. The van der Waals surface area contributed by atoms with E-state index >= 15 is 0 Å². The Hall–Kier alpha value is -2.04. The van der Waals surface area contributed by atoms with Crippen molar-refractivity contribution in [3.63, 3.8) is 0 Å². The maximum Gasteiger partial charge on any atom is 0.224 e.